The first-order chi connectivity index (χ1) is 27.8. The van der Waals surface area contributed by atoms with Gasteiger partial charge in [-0.05, 0) is 37.0 Å². The molecule has 0 saturated heterocycles. The maximum Gasteiger partial charge on any atom is 0.245 e. The van der Waals surface area contributed by atoms with Crippen molar-refractivity contribution in [1.82, 2.24) is 37.2 Å². The zero-order chi connectivity index (χ0) is 44.7. The molecule has 22 nitrogen and oxygen atoms in total. The quantitative estimate of drug-likeness (QED) is 0.0247. The first kappa shape index (κ1) is 52.0. The summed E-state index contributed by atoms with van der Waals surface area (Å²) in [5.41, 5.74) is 50.0. The van der Waals surface area contributed by atoms with Gasteiger partial charge in [-0.15, -0.1) is 5.54 Å². The molecule has 0 radical (unpaired) electrons. The number of carbonyl (C=O) groups is 7. The third-order valence-electron chi connectivity index (χ3n) is 8.40. The molecular formula is C36H65N15O7Si. The van der Waals surface area contributed by atoms with Crippen LogP contribution >= 0.6 is 0 Å². The molecule has 330 valence electrons. The van der Waals surface area contributed by atoms with Gasteiger partial charge in [-0.25, -0.2) is 0 Å². The van der Waals surface area contributed by atoms with Crippen molar-refractivity contribution in [2.75, 3.05) is 52.4 Å². The number of nitrogens with one attached hydrogen (secondary N) is 7. The van der Waals surface area contributed by atoms with E-state index in [1.54, 1.807) is 0 Å². The first-order valence-corrected chi connectivity index (χ1v) is 22.7. The average Bonchev–Trinajstić information content (AvgIpc) is 3.21. The lowest BCUT2D eigenvalue weighted by Crippen LogP contribution is -2.63. The maximum absolute atomic E-state index is 13.7. The number of carbonyl (C=O) groups excluding carboxylic acids is 7. The molecule has 1 aromatic carbocycles. The number of hydrogen-bond acceptors (Lipinski definition) is 15. The van der Waals surface area contributed by atoms with Crippen LogP contribution in [0.2, 0.25) is 19.6 Å². The van der Waals surface area contributed by atoms with E-state index in [4.69, 9.17) is 45.9 Å². The van der Waals surface area contributed by atoms with E-state index in [-0.39, 0.29) is 32.7 Å². The molecule has 7 atom stereocenters. The van der Waals surface area contributed by atoms with E-state index in [0.717, 1.165) is 11.1 Å². The molecule has 1 aromatic rings. The Bertz CT molecular complexity index is 1630. The number of unbranched alkanes of at least 4 members (excludes halogenated alkanes) is 1. The van der Waals surface area contributed by atoms with Crippen LogP contribution < -0.4 is 83.1 Å². The molecule has 0 bridgehead atoms. The van der Waals surface area contributed by atoms with E-state index in [1.807, 2.05) is 24.3 Å². The molecule has 0 aliphatic rings. The SMILES string of the molecule is C[Si](C)(C)C#Cc1cccc(CCCCNC(=O)C(CNC(=O)C(CNC(=O)C(N)CN)NC(=O)C(N)CN)NC(=O)C(CNC(=O)C(N)CN)NC(=O)C(N)CN)c1. The van der Waals surface area contributed by atoms with Gasteiger partial charge >= 0.3 is 0 Å². The van der Waals surface area contributed by atoms with Crippen molar-refractivity contribution < 1.29 is 33.6 Å². The Morgan fingerprint density at radius 2 is 0.966 bits per heavy atom. The lowest BCUT2D eigenvalue weighted by Gasteiger charge is -2.26. The second-order valence-electron chi connectivity index (χ2n) is 14.7. The Morgan fingerprint density at radius 1 is 0.559 bits per heavy atom. The van der Waals surface area contributed by atoms with Crippen LogP contribution in [0.3, 0.4) is 0 Å². The van der Waals surface area contributed by atoms with E-state index < -0.39 is 111 Å². The largest absolute Gasteiger partial charge is 0.354 e. The third kappa shape index (κ3) is 20.5. The minimum atomic E-state index is -1.56. The number of aryl methyl sites for hydroxylation is 1. The van der Waals surface area contributed by atoms with Crippen molar-refractivity contribution in [2.24, 2.45) is 45.9 Å². The molecule has 0 saturated carbocycles. The highest BCUT2D eigenvalue weighted by Gasteiger charge is 2.31. The van der Waals surface area contributed by atoms with Gasteiger partial charge < -0.3 is 83.1 Å². The fraction of sp³-hybridized carbons (Fsp3) is 0.583. The number of hydrogen-bond donors (Lipinski definition) is 15. The third-order valence-corrected chi connectivity index (χ3v) is 9.28. The summed E-state index contributed by atoms with van der Waals surface area (Å²) >= 11 is 0. The minimum absolute atomic E-state index is 0.177. The predicted molar refractivity (Wildman–Crippen MR) is 226 cm³/mol. The van der Waals surface area contributed by atoms with E-state index in [2.05, 4.69) is 68.3 Å². The van der Waals surface area contributed by atoms with Gasteiger partial charge in [0.15, 0.2) is 0 Å². The van der Waals surface area contributed by atoms with Crippen molar-refractivity contribution in [2.45, 2.75) is 81.2 Å². The monoisotopic (exact) mass is 847 g/mol. The zero-order valence-corrected chi connectivity index (χ0v) is 35.1. The van der Waals surface area contributed by atoms with Crippen LogP contribution in [0.1, 0.15) is 24.0 Å². The summed E-state index contributed by atoms with van der Waals surface area (Å²) < 4.78 is 0. The Hall–Kier alpha value is -5.03. The van der Waals surface area contributed by atoms with Gasteiger partial charge in [-0.2, -0.15) is 0 Å². The van der Waals surface area contributed by atoms with E-state index in [0.29, 0.717) is 19.3 Å². The van der Waals surface area contributed by atoms with Crippen LogP contribution in [0.5, 0.6) is 0 Å². The van der Waals surface area contributed by atoms with Crippen LogP contribution in [0, 0.1) is 11.5 Å². The molecule has 23 N–H and O–H groups in total. The van der Waals surface area contributed by atoms with Crippen molar-refractivity contribution in [3.05, 3.63) is 35.4 Å². The summed E-state index contributed by atoms with van der Waals surface area (Å²) in [5.74, 6) is -2.42. The highest BCUT2D eigenvalue weighted by molar-refractivity contribution is 6.83. The summed E-state index contributed by atoms with van der Waals surface area (Å²) in [4.78, 5) is 90.7. The molecule has 0 aromatic heterocycles. The molecule has 1 rings (SSSR count). The number of nitrogens with two attached hydrogens (primary N) is 8. The Morgan fingerprint density at radius 3 is 1.42 bits per heavy atom. The highest BCUT2D eigenvalue weighted by atomic mass is 28.3. The lowest BCUT2D eigenvalue weighted by molar-refractivity contribution is -0.133. The summed E-state index contributed by atoms with van der Waals surface area (Å²) in [6, 6.07) is -1.16. The highest BCUT2D eigenvalue weighted by Crippen LogP contribution is 2.09. The van der Waals surface area contributed by atoms with Crippen LogP contribution in [-0.2, 0) is 40.0 Å². The number of rotatable bonds is 25. The van der Waals surface area contributed by atoms with Gasteiger partial charge in [0.25, 0.3) is 0 Å². The van der Waals surface area contributed by atoms with Gasteiger partial charge in [-0.3, -0.25) is 33.6 Å². The zero-order valence-electron chi connectivity index (χ0n) is 34.1. The maximum atomic E-state index is 13.7. The Balaban J connectivity index is 3.27. The first-order valence-electron chi connectivity index (χ1n) is 19.2. The lowest BCUT2D eigenvalue weighted by atomic mass is 10.1. The topological polar surface area (TPSA) is 412 Å². The summed E-state index contributed by atoms with van der Waals surface area (Å²) in [6.07, 6.45) is 1.92. The van der Waals surface area contributed by atoms with Gasteiger partial charge in [-0.1, -0.05) is 37.7 Å². The number of benzene rings is 1. The standard InChI is InChI=1S/C36H65N15O7Si/c1-59(2,3)12-10-22-9-6-8-21(13-22)7-4-5-11-45-34(56)27(51-36(58)29(50-33(55)26(44)17-40)20-47-31(53)24(42)15-38)19-48-35(57)28(49-32(54)25(43)16-39)18-46-30(52)23(41)14-37/h6,8-9,13,23-29H,4-5,7,11,14-20,37-44H2,1-3H3,(H,45,56)(H,46,52)(H,47,53)(H,48,57)(H,49,54)(H,50,55)(H,51,58). The molecule has 0 aliphatic carbocycles. The Kier molecular flexibility index (Phi) is 23.7. The fourth-order valence-corrected chi connectivity index (χ4v) is 5.25. The molecule has 0 fully saturated rings. The molecule has 0 spiro atoms. The molecule has 7 amide bonds. The second-order valence-corrected chi connectivity index (χ2v) is 19.5. The molecule has 7 unspecified atom stereocenters. The van der Waals surface area contributed by atoms with Crippen LogP contribution in [0.25, 0.3) is 0 Å². The van der Waals surface area contributed by atoms with Gasteiger partial charge in [0.05, 0.1) is 24.2 Å². The van der Waals surface area contributed by atoms with Gasteiger partial charge in [0.1, 0.15) is 26.2 Å². The van der Waals surface area contributed by atoms with Crippen LogP contribution in [-0.4, -0.2) is 144 Å². The van der Waals surface area contributed by atoms with Crippen LogP contribution in [0.15, 0.2) is 24.3 Å². The minimum Gasteiger partial charge on any atom is -0.354 e. The van der Waals surface area contributed by atoms with Gasteiger partial charge in [0, 0.05) is 57.9 Å². The molecule has 0 heterocycles. The summed E-state index contributed by atoms with van der Waals surface area (Å²) in [6.45, 7) is 4.22. The van der Waals surface area contributed by atoms with Crippen molar-refractivity contribution in [1.29, 1.82) is 0 Å². The molecule has 59 heavy (non-hydrogen) atoms. The summed E-state index contributed by atoms with van der Waals surface area (Å²) in [7, 11) is -1.56. The van der Waals surface area contributed by atoms with Gasteiger partial charge in [0.2, 0.25) is 41.4 Å². The Labute approximate surface area is 345 Å². The van der Waals surface area contributed by atoms with Crippen LogP contribution in [0.4, 0.5) is 0 Å². The number of amides is 7. The van der Waals surface area contributed by atoms with Crippen molar-refractivity contribution in [3.63, 3.8) is 0 Å². The fourth-order valence-electron chi connectivity index (χ4n) is 4.73. The second kappa shape index (κ2) is 26.9. The predicted octanol–water partition coefficient (Wildman–Crippen LogP) is -7.70. The normalized spacial score (nSPS) is 14.6. The van der Waals surface area contributed by atoms with Crippen molar-refractivity contribution >= 4 is 49.4 Å². The molecular weight excluding hydrogens is 783 g/mol. The van der Waals surface area contributed by atoms with E-state index in [9.17, 15) is 33.6 Å². The summed E-state index contributed by atoms with van der Waals surface area (Å²) in [5, 5.41) is 17.3. The van der Waals surface area contributed by atoms with Crippen molar-refractivity contribution in [3.8, 4) is 11.5 Å². The van der Waals surface area contributed by atoms with E-state index in [1.165, 1.54) is 0 Å². The smallest absolute Gasteiger partial charge is 0.245 e. The molecule has 23 heteroatoms. The molecule has 0 aliphatic heterocycles. The average molecular weight is 848 g/mol. The van der Waals surface area contributed by atoms with E-state index >= 15 is 0 Å².